The number of ketones is 2. The van der Waals surface area contributed by atoms with E-state index in [-0.39, 0.29) is 23.0 Å². The Morgan fingerprint density at radius 1 is 1.12 bits per heavy atom. The van der Waals surface area contributed by atoms with Gasteiger partial charge in [-0.15, -0.1) is 0 Å². The highest BCUT2D eigenvalue weighted by Crippen LogP contribution is 2.69. The summed E-state index contributed by atoms with van der Waals surface area (Å²) >= 11 is 0. The summed E-state index contributed by atoms with van der Waals surface area (Å²) in [6.45, 7) is 4.76. The van der Waals surface area contributed by atoms with Gasteiger partial charge in [-0.2, -0.15) is 0 Å². The predicted octanol–water partition coefficient (Wildman–Crippen LogP) is 2.83. The van der Waals surface area contributed by atoms with Crippen molar-refractivity contribution in [2.45, 2.75) is 70.5 Å². The number of fused-ring (bicyclic) bond motifs is 6. The van der Waals surface area contributed by atoms with Crippen molar-refractivity contribution in [3.63, 3.8) is 0 Å². The Morgan fingerprint density at radius 2 is 1.88 bits per heavy atom. The molecule has 0 bridgehead atoms. The van der Waals surface area contributed by atoms with Gasteiger partial charge in [0.1, 0.15) is 12.2 Å². The summed E-state index contributed by atoms with van der Waals surface area (Å²) in [4.78, 5) is 24.4. The van der Waals surface area contributed by atoms with Crippen LogP contribution in [-0.2, 0) is 14.3 Å². The molecule has 0 aromatic carbocycles. The third-order valence-corrected chi connectivity index (χ3v) is 9.09. The van der Waals surface area contributed by atoms with E-state index < -0.39 is 11.7 Å². The smallest absolute Gasteiger partial charge is 0.190 e. The standard InChI is InChI=1S/C21H28O4/c1-19-7-5-16-14(15(19)6-8-21(19)18(24)11-25-21)4-3-12-9-13(22)10-17(23)20(12,16)2/h9,14-17,23H,3-8,10-11H2,1-2H3. The van der Waals surface area contributed by atoms with Crippen LogP contribution in [0.4, 0.5) is 0 Å². The van der Waals surface area contributed by atoms with E-state index in [0.717, 1.165) is 38.5 Å². The lowest BCUT2D eigenvalue weighted by Gasteiger charge is -2.61. The van der Waals surface area contributed by atoms with Gasteiger partial charge in [0.2, 0.25) is 0 Å². The third-order valence-electron chi connectivity index (χ3n) is 9.09. The Kier molecular flexibility index (Phi) is 3.13. The second-order valence-corrected chi connectivity index (χ2v) is 9.59. The van der Waals surface area contributed by atoms with E-state index in [9.17, 15) is 14.7 Å². The predicted molar refractivity (Wildman–Crippen MR) is 91.8 cm³/mol. The molecule has 3 saturated carbocycles. The van der Waals surface area contributed by atoms with Crippen LogP contribution in [0.1, 0.15) is 58.8 Å². The van der Waals surface area contributed by atoms with Crippen LogP contribution in [0.15, 0.2) is 11.6 Å². The fraction of sp³-hybridized carbons (Fsp3) is 0.810. The number of hydrogen-bond acceptors (Lipinski definition) is 4. The number of Topliss-reactive ketones (excluding diaryl/α,β-unsaturated/α-hetero) is 1. The highest BCUT2D eigenvalue weighted by molar-refractivity contribution is 5.94. The maximum atomic E-state index is 12.4. The number of aliphatic hydroxyl groups excluding tert-OH is 1. The molecule has 136 valence electrons. The van der Waals surface area contributed by atoms with E-state index in [2.05, 4.69) is 13.8 Å². The van der Waals surface area contributed by atoms with Crippen molar-refractivity contribution in [2.24, 2.45) is 28.6 Å². The Morgan fingerprint density at radius 3 is 2.56 bits per heavy atom. The average Bonchev–Trinajstić information content (AvgIpc) is 2.90. The molecule has 4 aliphatic carbocycles. The maximum absolute atomic E-state index is 12.4. The minimum atomic E-state index is -0.561. The zero-order valence-electron chi connectivity index (χ0n) is 15.2. The summed E-state index contributed by atoms with van der Waals surface area (Å²) in [6.07, 6.45) is 7.47. The molecule has 0 amide bonds. The third kappa shape index (κ3) is 1.71. The summed E-state index contributed by atoms with van der Waals surface area (Å²) < 4.78 is 5.96. The molecule has 7 atom stereocenters. The first-order valence-electron chi connectivity index (χ1n) is 9.92. The van der Waals surface area contributed by atoms with Gasteiger partial charge < -0.3 is 9.84 Å². The van der Waals surface area contributed by atoms with Crippen molar-refractivity contribution in [1.82, 2.24) is 0 Å². The van der Waals surface area contributed by atoms with Gasteiger partial charge in [-0.1, -0.05) is 19.4 Å². The van der Waals surface area contributed by atoms with Crippen molar-refractivity contribution >= 4 is 11.6 Å². The number of ether oxygens (including phenoxy) is 1. The summed E-state index contributed by atoms with van der Waals surface area (Å²) in [5.74, 6) is 1.83. The van der Waals surface area contributed by atoms with E-state index in [1.807, 2.05) is 6.08 Å². The molecule has 1 heterocycles. The van der Waals surface area contributed by atoms with Gasteiger partial charge in [-0.05, 0) is 62.4 Å². The van der Waals surface area contributed by atoms with Crippen molar-refractivity contribution in [1.29, 1.82) is 0 Å². The van der Waals surface area contributed by atoms with Gasteiger partial charge in [0.25, 0.3) is 0 Å². The molecule has 0 aromatic rings. The fourth-order valence-corrected chi connectivity index (χ4v) is 7.61. The number of rotatable bonds is 0. The Labute approximate surface area is 149 Å². The van der Waals surface area contributed by atoms with Crippen LogP contribution in [0.25, 0.3) is 0 Å². The molecule has 1 saturated heterocycles. The molecule has 25 heavy (non-hydrogen) atoms. The normalized spacial score (nSPS) is 54.4. The van der Waals surface area contributed by atoms with Crippen LogP contribution in [0.3, 0.4) is 0 Å². The van der Waals surface area contributed by atoms with Gasteiger partial charge in [0.15, 0.2) is 11.6 Å². The monoisotopic (exact) mass is 344 g/mol. The molecular weight excluding hydrogens is 316 g/mol. The first kappa shape index (κ1) is 16.2. The first-order valence-corrected chi connectivity index (χ1v) is 9.92. The lowest BCUT2D eigenvalue weighted by atomic mass is 9.45. The SMILES string of the molecule is CC12C(=CC(=O)CC1O)CCC1C2CCC2(C)C1CCC21OCC1=O. The fourth-order valence-electron chi connectivity index (χ4n) is 7.61. The van der Waals surface area contributed by atoms with E-state index >= 15 is 0 Å². The van der Waals surface area contributed by atoms with Crippen molar-refractivity contribution in [2.75, 3.05) is 6.61 Å². The molecule has 4 heteroatoms. The molecule has 5 rings (SSSR count). The van der Waals surface area contributed by atoms with Gasteiger partial charge in [-0.25, -0.2) is 0 Å². The van der Waals surface area contributed by atoms with Crippen molar-refractivity contribution in [3.05, 3.63) is 11.6 Å². The number of hydrogen-bond donors (Lipinski definition) is 1. The Balaban J connectivity index is 1.53. The van der Waals surface area contributed by atoms with Gasteiger partial charge in [-0.3, -0.25) is 9.59 Å². The van der Waals surface area contributed by atoms with Crippen molar-refractivity contribution < 1.29 is 19.4 Å². The molecule has 1 spiro atoms. The van der Waals surface area contributed by atoms with Gasteiger partial charge in [0, 0.05) is 17.3 Å². The molecule has 1 N–H and O–H groups in total. The summed E-state index contributed by atoms with van der Waals surface area (Å²) in [6, 6.07) is 0. The number of aliphatic hydroxyl groups is 1. The number of carbonyl (C=O) groups excluding carboxylic acids is 2. The largest absolute Gasteiger partial charge is 0.392 e. The van der Waals surface area contributed by atoms with E-state index in [0.29, 0.717) is 30.1 Å². The van der Waals surface area contributed by atoms with Crippen LogP contribution in [0, 0.1) is 28.6 Å². The quantitative estimate of drug-likeness (QED) is 0.734. The molecule has 4 nitrogen and oxygen atoms in total. The van der Waals surface area contributed by atoms with E-state index in [1.54, 1.807) is 0 Å². The summed E-state index contributed by atoms with van der Waals surface area (Å²) in [7, 11) is 0. The van der Waals surface area contributed by atoms with Crippen LogP contribution in [0.2, 0.25) is 0 Å². The molecular formula is C21H28O4. The van der Waals surface area contributed by atoms with Crippen LogP contribution >= 0.6 is 0 Å². The van der Waals surface area contributed by atoms with Gasteiger partial charge in [0.05, 0.1) is 6.10 Å². The summed E-state index contributed by atoms with van der Waals surface area (Å²) in [5.41, 5.74) is 0.347. The summed E-state index contributed by atoms with van der Waals surface area (Å²) in [5, 5.41) is 10.8. The molecule has 0 radical (unpaired) electrons. The minimum absolute atomic E-state index is 0.0451. The van der Waals surface area contributed by atoms with Gasteiger partial charge >= 0.3 is 0 Å². The second kappa shape index (κ2) is 4.83. The second-order valence-electron chi connectivity index (χ2n) is 9.59. The zero-order valence-corrected chi connectivity index (χ0v) is 15.2. The molecule has 1 aliphatic heterocycles. The van der Waals surface area contributed by atoms with Crippen LogP contribution in [-0.4, -0.2) is 35.0 Å². The van der Waals surface area contributed by atoms with E-state index in [4.69, 9.17) is 4.74 Å². The van der Waals surface area contributed by atoms with Crippen LogP contribution in [0.5, 0.6) is 0 Å². The highest BCUT2D eigenvalue weighted by atomic mass is 16.5. The molecule has 0 aromatic heterocycles. The number of carbonyl (C=O) groups is 2. The maximum Gasteiger partial charge on any atom is 0.190 e. The lowest BCUT2D eigenvalue weighted by Crippen LogP contribution is -2.65. The highest BCUT2D eigenvalue weighted by Gasteiger charge is 2.70. The Bertz CT molecular complexity index is 696. The zero-order chi connectivity index (χ0) is 17.6. The topological polar surface area (TPSA) is 63.6 Å². The first-order chi connectivity index (χ1) is 11.8. The minimum Gasteiger partial charge on any atom is -0.392 e. The Hall–Kier alpha value is -1.00. The molecule has 7 unspecified atom stereocenters. The molecule has 5 aliphatic rings. The van der Waals surface area contributed by atoms with E-state index in [1.165, 1.54) is 5.57 Å². The average molecular weight is 344 g/mol. The molecule has 4 fully saturated rings. The van der Waals surface area contributed by atoms with Crippen molar-refractivity contribution in [3.8, 4) is 0 Å². The lowest BCUT2D eigenvalue weighted by molar-refractivity contribution is -0.216. The van der Waals surface area contributed by atoms with Crippen LogP contribution < -0.4 is 0 Å².